The smallest absolute Gasteiger partial charge is 0.271 e. The lowest BCUT2D eigenvalue weighted by Crippen LogP contribution is -2.53. The Bertz CT molecular complexity index is 491. The van der Waals surface area contributed by atoms with Crippen LogP contribution in [0.15, 0.2) is 12.3 Å². The Morgan fingerprint density at radius 3 is 3.17 bits per heavy atom. The Morgan fingerprint density at radius 2 is 2.50 bits per heavy atom. The predicted octanol–water partition coefficient (Wildman–Crippen LogP) is 1.10. The van der Waals surface area contributed by atoms with Crippen LogP contribution in [0.5, 0.6) is 0 Å². The van der Waals surface area contributed by atoms with Gasteiger partial charge in [0, 0.05) is 32.4 Å². The van der Waals surface area contributed by atoms with E-state index in [1.54, 1.807) is 21.7 Å². The number of hydrogen-bond acceptors (Lipinski definition) is 3. The van der Waals surface area contributed by atoms with E-state index in [-0.39, 0.29) is 5.91 Å². The van der Waals surface area contributed by atoms with E-state index < -0.39 is 6.04 Å². The topological polar surface area (TPSA) is 61.1 Å². The molecule has 96 valence electrons. The van der Waals surface area contributed by atoms with Crippen molar-refractivity contribution >= 4 is 17.5 Å². The number of amides is 1. The first-order valence-electron chi connectivity index (χ1n) is 5.94. The number of carbonyl (C=O) groups is 1. The van der Waals surface area contributed by atoms with Gasteiger partial charge in [-0.2, -0.15) is 5.26 Å². The summed E-state index contributed by atoms with van der Waals surface area (Å²) < 4.78 is 1.81. The van der Waals surface area contributed by atoms with Crippen LogP contribution in [0.3, 0.4) is 0 Å². The third kappa shape index (κ3) is 2.35. The van der Waals surface area contributed by atoms with Gasteiger partial charge in [-0.15, -0.1) is 0 Å². The Hall–Kier alpha value is -1.51. The highest BCUT2D eigenvalue weighted by Crippen LogP contribution is 2.17. The Balaban J connectivity index is 2.27. The molecule has 1 aromatic rings. The molecule has 1 amide bonds. The molecule has 18 heavy (non-hydrogen) atoms. The molecular formula is C12H15ClN4O. The third-order valence-electron chi connectivity index (χ3n) is 3.08. The number of nitrogens with zero attached hydrogens (tertiary/aromatic N) is 3. The minimum atomic E-state index is -0.412. The number of nitrogens with one attached hydrogen (secondary N) is 1. The number of hydrogen-bond donors (Lipinski definition) is 1. The van der Waals surface area contributed by atoms with Crippen molar-refractivity contribution in [3.63, 3.8) is 0 Å². The second-order valence-electron chi connectivity index (χ2n) is 4.18. The molecule has 1 fully saturated rings. The Labute approximate surface area is 111 Å². The number of piperazine rings is 1. The molecule has 5 nitrogen and oxygen atoms in total. The van der Waals surface area contributed by atoms with Crippen LogP contribution in [-0.2, 0) is 6.54 Å². The molecule has 1 saturated heterocycles. The maximum absolute atomic E-state index is 12.4. The average Bonchev–Trinajstić information content (AvgIpc) is 2.79. The quantitative estimate of drug-likeness (QED) is 0.872. The Morgan fingerprint density at radius 1 is 1.72 bits per heavy atom. The second-order valence-corrected chi connectivity index (χ2v) is 4.61. The summed E-state index contributed by atoms with van der Waals surface area (Å²) in [7, 11) is 0. The number of nitriles is 1. The zero-order valence-corrected chi connectivity index (χ0v) is 10.9. The fourth-order valence-corrected chi connectivity index (χ4v) is 2.35. The summed E-state index contributed by atoms with van der Waals surface area (Å²) >= 11 is 5.93. The van der Waals surface area contributed by atoms with Crippen molar-refractivity contribution in [1.82, 2.24) is 14.8 Å². The van der Waals surface area contributed by atoms with Crippen LogP contribution < -0.4 is 5.32 Å². The van der Waals surface area contributed by atoms with Gasteiger partial charge in [-0.25, -0.2) is 0 Å². The molecule has 1 aromatic heterocycles. The summed E-state index contributed by atoms with van der Waals surface area (Å²) in [5.41, 5.74) is 0.546. The van der Waals surface area contributed by atoms with Crippen LogP contribution in [0.25, 0.3) is 0 Å². The zero-order chi connectivity index (χ0) is 13.1. The van der Waals surface area contributed by atoms with E-state index in [1.165, 1.54) is 0 Å². The van der Waals surface area contributed by atoms with Gasteiger partial charge in [0.2, 0.25) is 0 Å². The number of carbonyl (C=O) groups excluding carboxylic acids is 1. The highest BCUT2D eigenvalue weighted by atomic mass is 35.5. The summed E-state index contributed by atoms with van der Waals surface area (Å²) in [5, 5.41) is 12.7. The second kappa shape index (κ2) is 5.42. The predicted molar refractivity (Wildman–Crippen MR) is 68.4 cm³/mol. The number of rotatable bonds is 2. The SMILES string of the molecule is CCn1cc(Cl)cc1C(=O)N1CCNCC1C#N. The van der Waals surface area contributed by atoms with E-state index in [1.807, 2.05) is 6.92 Å². The van der Waals surface area contributed by atoms with E-state index in [0.717, 1.165) is 0 Å². The fraction of sp³-hybridized carbons (Fsp3) is 0.500. The minimum absolute atomic E-state index is 0.128. The van der Waals surface area contributed by atoms with Crippen molar-refractivity contribution in [2.45, 2.75) is 19.5 Å². The molecule has 0 spiro atoms. The number of halogens is 1. The average molecular weight is 267 g/mol. The van der Waals surface area contributed by atoms with Crippen LogP contribution in [0.2, 0.25) is 5.02 Å². The van der Waals surface area contributed by atoms with Crippen LogP contribution in [-0.4, -0.2) is 41.1 Å². The largest absolute Gasteiger partial charge is 0.342 e. The molecule has 2 heterocycles. The summed E-state index contributed by atoms with van der Waals surface area (Å²) in [6.45, 7) is 4.40. The first-order valence-corrected chi connectivity index (χ1v) is 6.32. The zero-order valence-electron chi connectivity index (χ0n) is 10.2. The van der Waals surface area contributed by atoms with Gasteiger partial charge in [-0.1, -0.05) is 11.6 Å². The van der Waals surface area contributed by atoms with Gasteiger partial charge in [0.05, 0.1) is 11.1 Å². The van der Waals surface area contributed by atoms with Gasteiger partial charge >= 0.3 is 0 Å². The molecule has 1 aliphatic rings. The summed E-state index contributed by atoms with van der Waals surface area (Å²) in [5.74, 6) is -0.128. The van der Waals surface area contributed by atoms with E-state index >= 15 is 0 Å². The molecule has 1 unspecified atom stereocenters. The maximum Gasteiger partial charge on any atom is 0.271 e. The molecule has 2 rings (SSSR count). The molecular weight excluding hydrogens is 252 g/mol. The van der Waals surface area contributed by atoms with Crippen LogP contribution in [0.4, 0.5) is 0 Å². The van der Waals surface area contributed by atoms with Gasteiger partial charge < -0.3 is 14.8 Å². The monoisotopic (exact) mass is 266 g/mol. The lowest BCUT2D eigenvalue weighted by Gasteiger charge is -2.32. The minimum Gasteiger partial charge on any atom is -0.342 e. The van der Waals surface area contributed by atoms with Gasteiger partial charge in [0.25, 0.3) is 5.91 Å². The van der Waals surface area contributed by atoms with E-state index in [0.29, 0.717) is 36.9 Å². The number of aryl methyl sites for hydroxylation is 1. The standard InChI is InChI=1S/C12H15ClN4O/c1-2-16-8-9(13)5-11(16)12(18)17-4-3-15-7-10(17)6-14/h5,8,10,15H,2-4,7H2,1H3. The molecule has 1 atom stereocenters. The third-order valence-corrected chi connectivity index (χ3v) is 3.28. The first kappa shape index (κ1) is 12.9. The molecule has 0 saturated carbocycles. The van der Waals surface area contributed by atoms with Gasteiger partial charge in [0.15, 0.2) is 0 Å². The lowest BCUT2D eigenvalue weighted by molar-refractivity contribution is 0.0676. The highest BCUT2D eigenvalue weighted by molar-refractivity contribution is 6.31. The first-order chi connectivity index (χ1) is 8.67. The molecule has 6 heteroatoms. The molecule has 0 bridgehead atoms. The molecule has 1 aliphatic heterocycles. The van der Waals surface area contributed by atoms with Crippen LogP contribution >= 0.6 is 11.6 Å². The van der Waals surface area contributed by atoms with Gasteiger partial charge in [0.1, 0.15) is 11.7 Å². The molecule has 0 aromatic carbocycles. The maximum atomic E-state index is 12.4. The van der Waals surface area contributed by atoms with Crippen molar-refractivity contribution in [2.24, 2.45) is 0 Å². The highest BCUT2D eigenvalue weighted by Gasteiger charge is 2.28. The van der Waals surface area contributed by atoms with Crippen molar-refractivity contribution in [3.05, 3.63) is 23.0 Å². The Kier molecular flexibility index (Phi) is 3.90. The van der Waals surface area contributed by atoms with Crippen molar-refractivity contribution < 1.29 is 4.79 Å². The fourth-order valence-electron chi connectivity index (χ4n) is 2.13. The van der Waals surface area contributed by atoms with Crippen LogP contribution in [0.1, 0.15) is 17.4 Å². The van der Waals surface area contributed by atoms with E-state index in [2.05, 4.69) is 11.4 Å². The van der Waals surface area contributed by atoms with Crippen molar-refractivity contribution in [2.75, 3.05) is 19.6 Å². The van der Waals surface area contributed by atoms with Crippen molar-refractivity contribution in [3.8, 4) is 6.07 Å². The van der Waals surface area contributed by atoms with Gasteiger partial charge in [-0.05, 0) is 13.0 Å². The summed E-state index contributed by atoms with van der Waals surface area (Å²) in [6.07, 6.45) is 1.73. The summed E-state index contributed by atoms with van der Waals surface area (Å²) in [4.78, 5) is 14.0. The molecule has 0 radical (unpaired) electrons. The van der Waals surface area contributed by atoms with Crippen molar-refractivity contribution in [1.29, 1.82) is 5.26 Å². The molecule has 1 N–H and O–H groups in total. The van der Waals surface area contributed by atoms with Crippen LogP contribution in [0, 0.1) is 11.3 Å². The molecule has 0 aliphatic carbocycles. The summed E-state index contributed by atoms with van der Waals surface area (Å²) in [6, 6.07) is 3.39. The lowest BCUT2D eigenvalue weighted by atomic mass is 10.2. The van der Waals surface area contributed by atoms with Gasteiger partial charge in [-0.3, -0.25) is 4.79 Å². The van der Waals surface area contributed by atoms with E-state index in [4.69, 9.17) is 16.9 Å². The normalized spacial score (nSPS) is 19.6. The number of aromatic nitrogens is 1. The van der Waals surface area contributed by atoms with E-state index in [9.17, 15) is 4.79 Å².